The third-order valence-corrected chi connectivity index (χ3v) is 7.13. The molecule has 0 radical (unpaired) electrons. The van der Waals surface area contributed by atoms with Gasteiger partial charge in [0, 0.05) is 31.3 Å². The van der Waals surface area contributed by atoms with Crippen molar-refractivity contribution >= 4 is 21.6 Å². The van der Waals surface area contributed by atoms with E-state index in [-0.39, 0.29) is 42.2 Å². The molecule has 1 aliphatic heterocycles. The fourth-order valence-corrected chi connectivity index (χ4v) is 4.95. The second-order valence-corrected chi connectivity index (χ2v) is 9.18. The molecule has 0 unspecified atom stereocenters. The van der Waals surface area contributed by atoms with Gasteiger partial charge in [0.1, 0.15) is 5.75 Å². The number of hydrogen-bond donors (Lipinski definition) is 1. The van der Waals surface area contributed by atoms with Crippen molar-refractivity contribution in [3.63, 3.8) is 0 Å². The number of benzene rings is 2. The molecule has 1 aliphatic rings. The van der Waals surface area contributed by atoms with Gasteiger partial charge in [0.15, 0.2) is 6.61 Å². The Morgan fingerprint density at radius 1 is 1.16 bits per heavy atom. The first-order valence-corrected chi connectivity index (χ1v) is 11.5. The maximum absolute atomic E-state index is 12.8. The monoisotopic (exact) mass is 447 g/mol. The predicted molar refractivity (Wildman–Crippen MR) is 114 cm³/mol. The molecular formula is C21H25N3O6S. The number of aryl methyl sites for hydroxylation is 1. The highest BCUT2D eigenvalue weighted by Gasteiger charge is 2.30. The van der Waals surface area contributed by atoms with Gasteiger partial charge in [0.25, 0.3) is 11.6 Å². The average Bonchev–Trinajstić information content (AvgIpc) is 2.78. The summed E-state index contributed by atoms with van der Waals surface area (Å²) in [7, 11) is -3.74. The number of sulfonamides is 1. The molecule has 0 aliphatic carbocycles. The average molecular weight is 448 g/mol. The van der Waals surface area contributed by atoms with Gasteiger partial charge >= 0.3 is 0 Å². The third-order valence-electron chi connectivity index (χ3n) is 5.22. The third kappa shape index (κ3) is 5.59. The van der Waals surface area contributed by atoms with Gasteiger partial charge in [-0.2, -0.15) is 4.31 Å². The zero-order chi connectivity index (χ0) is 22.4. The van der Waals surface area contributed by atoms with E-state index in [1.165, 1.54) is 28.6 Å². The molecule has 166 valence electrons. The van der Waals surface area contributed by atoms with Gasteiger partial charge in [-0.25, -0.2) is 8.42 Å². The molecule has 1 saturated heterocycles. The fourth-order valence-electron chi connectivity index (χ4n) is 3.48. The Morgan fingerprint density at radius 3 is 2.42 bits per heavy atom. The second-order valence-electron chi connectivity index (χ2n) is 7.25. The van der Waals surface area contributed by atoms with Crippen LogP contribution in [0, 0.1) is 10.1 Å². The minimum absolute atomic E-state index is 0.0172. The lowest BCUT2D eigenvalue weighted by atomic mass is 10.1. The van der Waals surface area contributed by atoms with Crippen LogP contribution in [-0.2, 0) is 21.2 Å². The molecule has 1 N–H and O–H groups in total. The Bertz CT molecular complexity index is 1030. The fraction of sp³-hybridized carbons (Fsp3) is 0.381. The number of piperidine rings is 1. The van der Waals surface area contributed by atoms with E-state index in [0.29, 0.717) is 18.6 Å². The van der Waals surface area contributed by atoms with Crippen LogP contribution in [-0.4, -0.2) is 49.3 Å². The van der Waals surface area contributed by atoms with Crippen LogP contribution >= 0.6 is 0 Å². The van der Waals surface area contributed by atoms with Crippen molar-refractivity contribution in [2.24, 2.45) is 0 Å². The molecule has 0 aromatic heterocycles. The summed E-state index contributed by atoms with van der Waals surface area (Å²) in [5, 5.41) is 13.6. The molecule has 1 amide bonds. The van der Waals surface area contributed by atoms with Gasteiger partial charge in [0.2, 0.25) is 10.0 Å². The normalized spacial score (nSPS) is 15.4. The van der Waals surface area contributed by atoms with E-state index in [9.17, 15) is 23.3 Å². The molecule has 2 aromatic carbocycles. The van der Waals surface area contributed by atoms with Gasteiger partial charge in [-0.1, -0.05) is 25.1 Å². The number of carbonyl (C=O) groups excluding carboxylic acids is 1. The summed E-state index contributed by atoms with van der Waals surface area (Å²) in [5.74, 6) is 0.437. The lowest BCUT2D eigenvalue weighted by Gasteiger charge is -2.31. The first-order valence-electron chi connectivity index (χ1n) is 10.1. The number of nitrogens with one attached hydrogen (secondary N) is 1. The first-order chi connectivity index (χ1) is 14.8. The minimum atomic E-state index is -3.74. The number of nitro benzene ring substituents is 1. The van der Waals surface area contributed by atoms with Crippen molar-refractivity contribution in [3.05, 3.63) is 64.2 Å². The SMILES string of the molecule is CCc1ccccc1OCC(=O)NC1CCN(S(=O)(=O)c2ccc([N+](=O)[O-])cc2)CC1. The van der Waals surface area contributed by atoms with E-state index >= 15 is 0 Å². The van der Waals surface area contributed by atoms with Crippen LogP contribution in [0.1, 0.15) is 25.3 Å². The molecule has 10 heteroatoms. The van der Waals surface area contributed by atoms with Gasteiger partial charge in [-0.05, 0) is 43.0 Å². The van der Waals surface area contributed by atoms with E-state index < -0.39 is 14.9 Å². The second kappa shape index (κ2) is 9.88. The van der Waals surface area contributed by atoms with Crippen molar-refractivity contribution in [1.82, 2.24) is 9.62 Å². The Morgan fingerprint density at radius 2 is 1.81 bits per heavy atom. The van der Waals surface area contributed by atoms with Crippen molar-refractivity contribution in [2.75, 3.05) is 19.7 Å². The molecule has 0 atom stereocenters. The van der Waals surface area contributed by atoms with E-state index in [4.69, 9.17) is 4.74 Å². The van der Waals surface area contributed by atoms with Crippen molar-refractivity contribution in [2.45, 2.75) is 37.1 Å². The minimum Gasteiger partial charge on any atom is -0.483 e. The van der Waals surface area contributed by atoms with Crippen LogP contribution in [0.5, 0.6) is 5.75 Å². The van der Waals surface area contributed by atoms with Gasteiger partial charge < -0.3 is 10.1 Å². The number of non-ortho nitro benzene ring substituents is 1. The molecular weight excluding hydrogens is 422 g/mol. The number of nitrogens with zero attached hydrogens (tertiary/aromatic N) is 2. The summed E-state index contributed by atoms with van der Waals surface area (Å²) in [6.45, 7) is 2.42. The largest absolute Gasteiger partial charge is 0.483 e. The van der Waals surface area contributed by atoms with Crippen molar-refractivity contribution in [3.8, 4) is 5.75 Å². The summed E-state index contributed by atoms with van der Waals surface area (Å²) >= 11 is 0. The number of nitro groups is 1. The molecule has 31 heavy (non-hydrogen) atoms. The molecule has 3 rings (SSSR count). The molecule has 0 spiro atoms. The van der Waals surface area contributed by atoms with E-state index in [1.54, 1.807) is 0 Å². The van der Waals surface area contributed by atoms with E-state index in [2.05, 4.69) is 5.32 Å². The number of carbonyl (C=O) groups is 1. The first kappa shape index (κ1) is 22.7. The maximum atomic E-state index is 12.8. The van der Waals surface area contributed by atoms with Crippen LogP contribution in [0.3, 0.4) is 0 Å². The molecule has 9 nitrogen and oxygen atoms in total. The van der Waals surface area contributed by atoms with Crippen LogP contribution in [0.15, 0.2) is 53.4 Å². The quantitative estimate of drug-likeness (QED) is 0.491. The summed E-state index contributed by atoms with van der Waals surface area (Å²) in [4.78, 5) is 22.4. The number of para-hydroxylation sites is 1. The molecule has 0 saturated carbocycles. The molecule has 1 fully saturated rings. The van der Waals surface area contributed by atoms with Gasteiger partial charge in [-0.3, -0.25) is 14.9 Å². The zero-order valence-corrected chi connectivity index (χ0v) is 18.0. The topological polar surface area (TPSA) is 119 Å². The molecule has 2 aromatic rings. The highest BCUT2D eigenvalue weighted by atomic mass is 32.2. The summed E-state index contributed by atoms with van der Waals surface area (Å²) in [6, 6.07) is 12.3. The number of hydrogen-bond acceptors (Lipinski definition) is 6. The highest BCUT2D eigenvalue weighted by molar-refractivity contribution is 7.89. The highest BCUT2D eigenvalue weighted by Crippen LogP contribution is 2.23. The van der Waals surface area contributed by atoms with E-state index in [1.807, 2.05) is 31.2 Å². The van der Waals surface area contributed by atoms with Crippen LogP contribution in [0.25, 0.3) is 0 Å². The molecule has 1 heterocycles. The van der Waals surface area contributed by atoms with Crippen LogP contribution in [0.2, 0.25) is 0 Å². The Hall–Kier alpha value is -2.98. The van der Waals surface area contributed by atoms with Crippen LogP contribution in [0.4, 0.5) is 5.69 Å². The van der Waals surface area contributed by atoms with Crippen molar-refractivity contribution in [1.29, 1.82) is 0 Å². The molecule has 0 bridgehead atoms. The predicted octanol–water partition coefficient (Wildman–Crippen LogP) is 2.51. The Labute approximate surface area is 181 Å². The van der Waals surface area contributed by atoms with Gasteiger partial charge in [-0.15, -0.1) is 0 Å². The number of rotatable bonds is 8. The van der Waals surface area contributed by atoms with Crippen LogP contribution < -0.4 is 10.1 Å². The smallest absolute Gasteiger partial charge is 0.269 e. The zero-order valence-electron chi connectivity index (χ0n) is 17.2. The van der Waals surface area contributed by atoms with Crippen molar-refractivity contribution < 1.29 is 22.9 Å². The Balaban J connectivity index is 1.50. The maximum Gasteiger partial charge on any atom is 0.269 e. The van der Waals surface area contributed by atoms with Gasteiger partial charge in [0.05, 0.1) is 9.82 Å². The Kier molecular flexibility index (Phi) is 7.24. The summed E-state index contributed by atoms with van der Waals surface area (Å²) in [6.07, 6.45) is 1.76. The summed E-state index contributed by atoms with van der Waals surface area (Å²) < 4.78 is 32.5. The summed E-state index contributed by atoms with van der Waals surface area (Å²) in [5.41, 5.74) is 0.865. The number of ether oxygens (including phenoxy) is 1. The number of amides is 1. The lowest BCUT2D eigenvalue weighted by Crippen LogP contribution is -2.47. The van der Waals surface area contributed by atoms with E-state index in [0.717, 1.165) is 12.0 Å². The standard InChI is InChI=1S/C21H25N3O6S/c1-2-16-5-3-4-6-20(16)30-15-21(25)22-17-11-13-23(14-12-17)31(28,29)19-9-7-18(8-10-19)24(26)27/h3-10,17H,2,11-15H2,1H3,(H,22,25). The lowest BCUT2D eigenvalue weighted by molar-refractivity contribution is -0.384.